The molecule has 0 fully saturated rings. The van der Waals surface area contributed by atoms with Crippen LogP contribution < -0.4 is 48.7 Å². The fourth-order valence-electron chi connectivity index (χ4n) is 7.76. The Hall–Kier alpha value is -8.32. The van der Waals surface area contributed by atoms with Gasteiger partial charge in [0.05, 0.1) is 57.8 Å². The lowest BCUT2D eigenvalue weighted by atomic mass is 10.1. The van der Waals surface area contributed by atoms with Gasteiger partial charge in [0.2, 0.25) is 0 Å². The van der Waals surface area contributed by atoms with Gasteiger partial charge in [0.15, 0.2) is 0 Å². The number of benzene rings is 4. The summed E-state index contributed by atoms with van der Waals surface area (Å²) in [4.78, 5) is 110. The fourth-order valence-corrected chi connectivity index (χ4v) is 7.76. The van der Waals surface area contributed by atoms with Gasteiger partial charge in [0.25, 0.3) is 47.3 Å². The molecule has 24 nitrogen and oxygen atoms in total. The van der Waals surface area contributed by atoms with Gasteiger partial charge in [-0.05, 0) is 67.9 Å². The van der Waals surface area contributed by atoms with Gasteiger partial charge in [-0.25, -0.2) is 0 Å². The summed E-state index contributed by atoms with van der Waals surface area (Å²) in [6, 6.07) is 16.3. The average molecular weight is 1030 g/mol. The second-order valence-electron chi connectivity index (χ2n) is 16.9. The number of hydrogen-bond acceptors (Lipinski definition) is 16. The third-order valence-electron chi connectivity index (χ3n) is 12.0. The number of fused-ring (bicyclic) bond motifs is 4. The lowest BCUT2D eigenvalue weighted by molar-refractivity contribution is 0.0873. The summed E-state index contributed by atoms with van der Waals surface area (Å²) in [5.41, 5.74) is 9.55. The largest absolute Gasteiger partial charge is 0.506 e. The maximum Gasteiger partial charge on any atom is 0.256 e. The van der Waals surface area contributed by atoms with E-state index in [1.807, 2.05) is 11.8 Å². The molecule has 8 amide bonds. The van der Waals surface area contributed by atoms with Crippen LogP contribution >= 0.6 is 0 Å². The standard InChI is InChI=1S/C50H64N12O12/c1-2-60(23-17-51)24-20-55-46(70)36-14-7-15-37(41(36)65)48(72)57-21-25-61(29-58-49(73)32-10-5-9-31(39(32)63)43(52)67)27-28-62-26-22-56-47(71)35-13-6-11-33(40(35)64)44(68)53-18-3-4-19-54-45(69)34-12-8-16-38(42(34)66)50(74)59-30-62/h5-16,63-66H,2-4,17-30,51H2,1H3,(H2,52,67)(H,53,68)(H,54,69)(H,55,70)(H,56,71)(H,57,72)(H,58,73)(H,59,74). The Morgan fingerprint density at radius 3 is 1.45 bits per heavy atom. The number of primary amides is 1. The molecular formula is C50H64N12O12. The highest BCUT2D eigenvalue weighted by molar-refractivity contribution is 6.06. The van der Waals surface area contributed by atoms with E-state index in [1.165, 1.54) is 72.8 Å². The van der Waals surface area contributed by atoms with Crippen LogP contribution in [0.4, 0.5) is 0 Å². The van der Waals surface area contributed by atoms with Crippen molar-refractivity contribution < 1.29 is 58.8 Å². The van der Waals surface area contributed by atoms with E-state index < -0.39 is 70.3 Å². The Morgan fingerprint density at radius 1 is 0.554 bits per heavy atom. The van der Waals surface area contributed by atoms with E-state index >= 15 is 0 Å². The van der Waals surface area contributed by atoms with Crippen LogP contribution in [0.2, 0.25) is 0 Å². The van der Waals surface area contributed by atoms with Crippen LogP contribution in [-0.4, -0.2) is 181 Å². The highest BCUT2D eigenvalue weighted by atomic mass is 16.3. The summed E-state index contributed by atoms with van der Waals surface area (Å²) in [6.45, 7) is 4.55. The second kappa shape index (κ2) is 28.1. The van der Waals surface area contributed by atoms with Gasteiger partial charge in [-0.15, -0.1) is 0 Å². The number of para-hydroxylation sites is 4. The number of hydrogen-bond donors (Lipinski definition) is 13. The van der Waals surface area contributed by atoms with Crippen molar-refractivity contribution >= 4 is 47.3 Å². The summed E-state index contributed by atoms with van der Waals surface area (Å²) < 4.78 is 0. The number of nitrogens with two attached hydrogens (primary N) is 2. The van der Waals surface area contributed by atoms with Crippen LogP contribution in [0.1, 0.15) is 103 Å². The topological polar surface area (TPSA) is 363 Å². The summed E-state index contributed by atoms with van der Waals surface area (Å²) in [5, 5.41) is 62.7. The predicted octanol–water partition coefficient (Wildman–Crippen LogP) is -0.589. The molecule has 24 heteroatoms. The van der Waals surface area contributed by atoms with Crippen molar-refractivity contribution in [1.29, 1.82) is 0 Å². The first-order valence-electron chi connectivity index (χ1n) is 24.0. The number of phenols is 4. The van der Waals surface area contributed by atoms with Gasteiger partial charge in [-0.1, -0.05) is 31.2 Å². The van der Waals surface area contributed by atoms with Crippen molar-refractivity contribution in [3.05, 3.63) is 117 Å². The van der Waals surface area contributed by atoms with E-state index in [9.17, 15) is 58.8 Å². The lowest BCUT2D eigenvalue weighted by Gasteiger charge is -2.28. The van der Waals surface area contributed by atoms with Crippen molar-refractivity contribution in [2.24, 2.45) is 11.5 Å². The molecule has 396 valence electrons. The molecule has 0 atom stereocenters. The van der Waals surface area contributed by atoms with Crippen LogP contribution in [0.15, 0.2) is 72.8 Å². The molecule has 4 bridgehead atoms. The Balaban J connectivity index is 1.35. The minimum atomic E-state index is -0.964. The number of nitrogens with zero attached hydrogens (tertiary/aromatic N) is 3. The SMILES string of the molecule is CCN(CCN)CCNC(=O)c1cccc(C(=O)NCCN(CCN2CCNC(=O)c3cccc(c3O)C(=O)NCCCCNC(=O)c3cccc(c3O)C(=O)NC2)CNC(=O)c2cccc(C(N)=O)c2O)c1O. The van der Waals surface area contributed by atoms with Gasteiger partial charge >= 0.3 is 0 Å². The maximum absolute atomic E-state index is 13.6. The minimum Gasteiger partial charge on any atom is -0.506 e. The highest BCUT2D eigenvalue weighted by Gasteiger charge is 2.24. The molecule has 0 aliphatic carbocycles. The normalized spacial score (nSPS) is 14.1. The van der Waals surface area contributed by atoms with E-state index in [1.54, 1.807) is 9.80 Å². The second-order valence-corrected chi connectivity index (χ2v) is 16.9. The molecule has 1 heterocycles. The Kier molecular flexibility index (Phi) is 21.5. The molecule has 0 unspecified atom stereocenters. The van der Waals surface area contributed by atoms with E-state index in [2.05, 4.69) is 37.2 Å². The molecule has 5 rings (SSSR count). The molecule has 1 aliphatic heterocycles. The predicted molar refractivity (Wildman–Crippen MR) is 271 cm³/mol. The van der Waals surface area contributed by atoms with E-state index in [-0.39, 0.29) is 117 Å². The smallest absolute Gasteiger partial charge is 0.256 e. The molecule has 0 saturated heterocycles. The Labute approximate surface area is 426 Å². The van der Waals surface area contributed by atoms with Crippen molar-refractivity contribution in [2.45, 2.75) is 19.8 Å². The summed E-state index contributed by atoms with van der Waals surface area (Å²) in [6.07, 6.45) is 0.872. The number of amides is 8. The molecule has 0 radical (unpaired) electrons. The van der Waals surface area contributed by atoms with Crippen molar-refractivity contribution in [3.63, 3.8) is 0 Å². The van der Waals surface area contributed by atoms with Gasteiger partial charge in [0.1, 0.15) is 23.0 Å². The van der Waals surface area contributed by atoms with Crippen molar-refractivity contribution in [2.75, 3.05) is 98.4 Å². The molecule has 0 aromatic heterocycles. The molecular weight excluding hydrogens is 961 g/mol. The number of phenolic OH excluding ortho intramolecular Hbond substituents is 3. The molecule has 0 saturated carbocycles. The molecule has 0 spiro atoms. The van der Waals surface area contributed by atoms with Crippen LogP contribution in [-0.2, 0) is 0 Å². The van der Waals surface area contributed by atoms with E-state index in [4.69, 9.17) is 11.5 Å². The van der Waals surface area contributed by atoms with Gasteiger partial charge < -0.3 is 74.0 Å². The summed E-state index contributed by atoms with van der Waals surface area (Å²) in [5.74, 6) is -8.05. The third kappa shape index (κ3) is 15.6. The third-order valence-corrected chi connectivity index (χ3v) is 12.0. The first kappa shape index (κ1) is 56.6. The van der Waals surface area contributed by atoms with Crippen molar-refractivity contribution in [1.82, 2.24) is 51.9 Å². The number of likely N-dealkylation sites (N-methyl/N-ethyl adjacent to an activating group) is 1. The van der Waals surface area contributed by atoms with Gasteiger partial charge in [-0.2, -0.15) is 0 Å². The molecule has 74 heavy (non-hydrogen) atoms. The van der Waals surface area contributed by atoms with E-state index in [0.29, 0.717) is 32.5 Å². The highest BCUT2D eigenvalue weighted by Crippen LogP contribution is 2.26. The summed E-state index contributed by atoms with van der Waals surface area (Å²) >= 11 is 0. The number of carbonyl (C=O) groups is 8. The fraction of sp³-hybridized carbons (Fsp3) is 0.360. The van der Waals surface area contributed by atoms with Gasteiger partial charge in [-0.3, -0.25) is 48.2 Å². The van der Waals surface area contributed by atoms with E-state index in [0.717, 1.165) is 6.54 Å². The van der Waals surface area contributed by atoms with Crippen LogP contribution in [0.3, 0.4) is 0 Å². The first-order valence-corrected chi connectivity index (χ1v) is 24.0. The monoisotopic (exact) mass is 1020 g/mol. The minimum absolute atomic E-state index is 0.0276. The zero-order valence-electron chi connectivity index (χ0n) is 41.0. The Bertz CT molecular complexity index is 2680. The number of rotatable bonds is 18. The molecule has 1 aliphatic rings. The Morgan fingerprint density at radius 2 is 0.973 bits per heavy atom. The quantitative estimate of drug-likeness (QED) is 0.0554. The van der Waals surface area contributed by atoms with Gasteiger partial charge in [0, 0.05) is 78.5 Å². The zero-order chi connectivity index (χ0) is 53.7. The number of aromatic hydroxyl groups is 4. The first-order chi connectivity index (χ1) is 35.6. The van der Waals surface area contributed by atoms with Crippen LogP contribution in [0.5, 0.6) is 23.0 Å². The van der Waals surface area contributed by atoms with Crippen LogP contribution in [0.25, 0.3) is 0 Å². The molecule has 15 N–H and O–H groups in total. The molecule has 4 aromatic rings. The summed E-state index contributed by atoms with van der Waals surface area (Å²) in [7, 11) is 0. The zero-order valence-corrected chi connectivity index (χ0v) is 41.0. The number of carbonyl (C=O) groups excluding carboxylic acids is 8. The maximum atomic E-state index is 13.6. The number of nitrogens with one attached hydrogen (secondary N) is 7. The van der Waals surface area contributed by atoms with Crippen molar-refractivity contribution in [3.8, 4) is 23.0 Å². The van der Waals surface area contributed by atoms with Crippen LogP contribution in [0, 0.1) is 0 Å². The molecule has 4 aromatic carbocycles. The lowest BCUT2D eigenvalue weighted by Crippen LogP contribution is -2.48. The average Bonchev–Trinajstić information content (AvgIpc) is 3.38.